The van der Waals surface area contributed by atoms with Crippen LogP contribution in [0.1, 0.15) is 39.5 Å². The minimum atomic E-state index is 0.374. The molecule has 0 bridgehead atoms. The van der Waals surface area contributed by atoms with Gasteiger partial charge in [0.2, 0.25) is 0 Å². The maximum atomic E-state index is 5.92. The maximum absolute atomic E-state index is 5.92. The molecule has 1 atom stereocenters. The van der Waals surface area contributed by atoms with Crippen molar-refractivity contribution < 1.29 is 0 Å². The van der Waals surface area contributed by atoms with Crippen LogP contribution in [0.3, 0.4) is 0 Å². The first-order valence-electron chi connectivity index (χ1n) is 3.95. The van der Waals surface area contributed by atoms with E-state index in [2.05, 4.69) is 20.4 Å². The van der Waals surface area contributed by atoms with Crippen LogP contribution in [0.25, 0.3) is 0 Å². The lowest BCUT2D eigenvalue weighted by atomic mass is 10.1. The molecular formula is C9H17Cl. The normalized spacial score (nSPS) is 13.1. The average Bonchev–Trinajstić information content (AvgIpc) is 1.87. The molecule has 0 aliphatic carbocycles. The lowest BCUT2D eigenvalue weighted by Crippen LogP contribution is -1.94. The summed E-state index contributed by atoms with van der Waals surface area (Å²) >= 11 is 5.92. The smallest absolute Gasteiger partial charge is 0.0333 e. The fraction of sp³-hybridized carbons (Fsp3) is 0.778. The first-order chi connectivity index (χ1) is 4.66. The minimum Gasteiger partial charge on any atom is -0.123 e. The molecule has 0 aromatic rings. The van der Waals surface area contributed by atoms with Crippen LogP contribution in [0.2, 0.25) is 0 Å². The number of rotatable bonds is 5. The van der Waals surface area contributed by atoms with E-state index in [0.717, 1.165) is 19.3 Å². The lowest BCUT2D eigenvalue weighted by molar-refractivity contribution is 0.673. The zero-order valence-corrected chi connectivity index (χ0v) is 7.75. The van der Waals surface area contributed by atoms with E-state index in [-0.39, 0.29) is 0 Å². The second-order valence-electron chi connectivity index (χ2n) is 2.85. The van der Waals surface area contributed by atoms with Gasteiger partial charge >= 0.3 is 0 Å². The molecule has 0 nitrogen and oxygen atoms in total. The number of hydrogen-bond donors (Lipinski definition) is 0. The summed E-state index contributed by atoms with van der Waals surface area (Å²) in [7, 11) is 0. The second-order valence-corrected chi connectivity index (χ2v) is 3.47. The summed E-state index contributed by atoms with van der Waals surface area (Å²) in [5.74, 6) is 0. The van der Waals surface area contributed by atoms with E-state index in [9.17, 15) is 0 Å². The van der Waals surface area contributed by atoms with Crippen LogP contribution in [0.15, 0.2) is 12.2 Å². The molecule has 0 heterocycles. The van der Waals surface area contributed by atoms with Crippen LogP contribution in [0.4, 0.5) is 0 Å². The van der Waals surface area contributed by atoms with E-state index < -0.39 is 0 Å². The van der Waals surface area contributed by atoms with Crippen molar-refractivity contribution in [3.8, 4) is 0 Å². The molecule has 0 aromatic carbocycles. The lowest BCUT2D eigenvalue weighted by Gasteiger charge is -2.04. The fourth-order valence-corrected chi connectivity index (χ4v) is 0.984. The standard InChI is InChI=1S/C9H17Cl/c1-4-9(10)7-5-6-8(2)3/h9H,2,4-7H2,1,3H3. The molecule has 60 valence electrons. The number of alkyl halides is 1. The van der Waals surface area contributed by atoms with E-state index in [4.69, 9.17) is 11.6 Å². The molecule has 0 spiro atoms. The van der Waals surface area contributed by atoms with Gasteiger partial charge in [0.1, 0.15) is 0 Å². The molecule has 1 unspecified atom stereocenters. The Kier molecular flexibility index (Phi) is 5.81. The summed E-state index contributed by atoms with van der Waals surface area (Å²) in [6, 6.07) is 0. The Bertz CT molecular complexity index is 96.9. The molecule has 0 saturated heterocycles. The molecule has 0 radical (unpaired) electrons. The zero-order valence-electron chi connectivity index (χ0n) is 6.99. The van der Waals surface area contributed by atoms with E-state index in [1.165, 1.54) is 12.0 Å². The molecule has 0 fully saturated rings. The van der Waals surface area contributed by atoms with Gasteiger partial charge in [-0.3, -0.25) is 0 Å². The summed E-state index contributed by atoms with van der Waals surface area (Å²) in [5.41, 5.74) is 1.26. The number of hydrogen-bond acceptors (Lipinski definition) is 0. The Labute approximate surface area is 69.3 Å². The molecule has 0 amide bonds. The molecule has 1 heteroatoms. The average molecular weight is 161 g/mol. The van der Waals surface area contributed by atoms with Gasteiger partial charge in [0.25, 0.3) is 0 Å². The predicted molar refractivity (Wildman–Crippen MR) is 48.6 cm³/mol. The highest BCUT2D eigenvalue weighted by Crippen LogP contribution is 2.12. The molecule has 0 aliphatic heterocycles. The highest BCUT2D eigenvalue weighted by molar-refractivity contribution is 6.20. The Morgan fingerprint density at radius 2 is 2.20 bits per heavy atom. The molecule has 10 heavy (non-hydrogen) atoms. The first-order valence-corrected chi connectivity index (χ1v) is 4.39. The third kappa shape index (κ3) is 6.15. The van der Waals surface area contributed by atoms with Crippen molar-refractivity contribution in [2.75, 3.05) is 0 Å². The molecule has 0 saturated carbocycles. The number of allylic oxidation sites excluding steroid dienone is 1. The zero-order chi connectivity index (χ0) is 7.98. The van der Waals surface area contributed by atoms with Gasteiger partial charge in [-0.25, -0.2) is 0 Å². The molecule has 0 rings (SSSR count). The topological polar surface area (TPSA) is 0 Å². The summed E-state index contributed by atoms with van der Waals surface area (Å²) in [4.78, 5) is 0. The SMILES string of the molecule is C=C(C)CCCC(Cl)CC. The van der Waals surface area contributed by atoms with Crippen molar-refractivity contribution in [3.63, 3.8) is 0 Å². The van der Waals surface area contributed by atoms with Crippen molar-refractivity contribution in [3.05, 3.63) is 12.2 Å². The van der Waals surface area contributed by atoms with Crippen LogP contribution in [-0.2, 0) is 0 Å². The van der Waals surface area contributed by atoms with Gasteiger partial charge < -0.3 is 0 Å². The summed E-state index contributed by atoms with van der Waals surface area (Å²) in [5, 5.41) is 0.374. The maximum Gasteiger partial charge on any atom is 0.0333 e. The van der Waals surface area contributed by atoms with Crippen molar-refractivity contribution in [2.24, 2.45) is 0 Å². The fourth-order valence-electron chi connectivity index (χ4n) is 0.829. The van der Waals surface area contributed by atoms with Crippen LogP contribution < -0.4 is 0 Å². The van der Waals surface area contributed by atoms with Gasteiger partial charge in [0.15, 0.2) is 0 Å². The molecule has 0 aliphatic rings. The van der Waals surface area contributed by atoms with Crippen molar-refractivity contribution in [2.45, 2.75) is 44.9 Å². The van der Waals surface area contributed by atoms with Gasteiger partial charge in [0, 0.05) is 5.38 Å². The van der Waals surface area contributed by atoms with Gasteiger partial charge in [-0.05, 0) is 32.6 Å². The van der Waals surface area contributed by atoms with Gasteiger partial charge in [0.05, 0.1) is 0 Å². The summed E-state index contributed by atoms with van der Waals surface area (Å²) in [6.45, 7) is 8.02. The minimum absolute atomic E-state index is 0.374. The quantitative estimate of drug-likeness (QED) is 0.425. The molecule has 0 N–H and O–H groups in total. The largest absolute Gasteiger partial charge is 0.123 e. The molecule has 0 aromatic heterocycles. The Hall–Kier alpha value is 0.0300. The van der Waals surface area contributed by atoms with Gasteiger partial charge in [-0.1, -0.05) is 12.5 Å². The van der Waals surface area contributed by atoms with Crippen molar-refractivity contribution in [1.29, 1.82) is 0 Å². The Morgan fingerprint density at radius 3 is 2.60 bits per heavy atom. The van der Waals surface area contributed by atoms with Crippen molar-refractivity contribution in [1.82, 2.24) is 0 Å². The van der Waals surface area contributed by atoms with Crippen LogP contribution in [0, 0.1) is 0 Å². The highest BCUT2D eigenvalue weighted by Gasteiger charge is 1.99. The van der Waals surface area contributed by atoms with Crippen LogP contribution in [-0.4, -0.2) is 5.38 Å². The molecular weight excluding hydrogens is 144 g/mol. The van der Waals surface area contributed by atoms with Gasteiger partial charge in [-0.15, -0.1) is 18.2 Å². The van der Waals surface area contributed by atoms with E-state index in [1.807, 2.05) is 0 Å². The Morgan fingerprint density at radius 1 is 1.60 bits per heavy atom. The van der Waals surface area contributed by atoms with Crippen LogP contribution >= 0.6 is 11.6 Å². The third-order valence-corrected chi connectivity index (χ3v) is 2.09. The van der Waals surface area contributed by atoms with Crippen LogP contribution in [0.5, 0.6) is 0 Å². The Balaban J connectivity index is 3.11. The monoisotopic (exact) mass is 160 g/mol. The van der Waals surface area contributed by atoms with Gasteiger partial charge in [-0.2, -0.15) is 0 Å². The number of halogens is 1. The first kappa shape index (κ1) is 10.0. The van der Waals surface area contributed by atoms with Crippen molar-refractivity contribution >= 4 is 11.6 Å². The van der Waals surface area contributed by atoms with E-state index in [0.29, 0.717) is 5.38 Å². The third-order valence-electron chi connectivity index (χ3n) is 1.56. The van der Waals surface area contributed by atoms with E-state index >= 15 is 0 Å². The second kappa shape index (κ2) is 5.79. The predicted octanol–water partition coefficient (Wildman–Crippen LogP) is 3.75. The van der Waals surface area contributed by atoms with E-state index in [1.54, 1.807) is 0 Å². The summed E-state index contributed by atoms with van der Waals surface area (Å²) < 4.78 is 0. The highest BCUT2D eigenvalue weighted by atomic mass is 35.5. The summed E-state index contributed by atoms with van der Waals surface area (Å²) in [6.07, 6.45) is 4.53.